The maximum atomic E-state index is 12.4. The first-order valence-corrected chi connectivity index (χ1v) is 8.00. The largest absolute Gasteiger partial charge is 0.345 e. The van der Waals surface area contributed by atoms with E-state index in [4.69, 9.17) is 0 Å². The number of carbonyl (C=O) groups is 2. The number of amides is 2. The molecule has 0 bridgehead atoms. The van der Waals surface area contributed by atoms with Crippen molar-refractivity contribution in [2.75, 3.05) is 17.3 Å². The molecule has 0 saturated carbocycles. The molecule has 0 aliphatic rings. The van der Waals surface area contributed by atoms with Crippen LogP contribution in [0.1, 0.15) is 10.4 Å². The van der Waals surface area contributed by atoms with Gasteiger partial charge in [-0.25, -0.2) is 4.98 Å². The number of nitrogens with one attached hydrogen (secondary N) is 2. The zero-order chi connectivity index (χ0) is 18.5. The van der Waals surface area contributed by atoms with Gasteiger partial charge in [0.1, 0.15) is 5.82 Å². The first-order valence-electron chi connectivity index (χ1n) is 8.00. The molecule has 0 fully saturated rings. The third-order valence-electron chi connectivity index (χ3n) is 3.94. The molecule has 0 unspecified atom stereocenters. The van der Waals surface area contributed by atoms with Crippen molar-refractivity contribution in [2.24, 2.45) is 0 Å². The van der Waals surface area contributed by atoms with Crippen LogP contribution in [-0.2, 0) is 4.79 Å². The second-order valence-electron chi connectivity index (χ2n) is 5.62. The van der Waals surface area contributed by atoms with E-state index in [9.17, 15) is 9.59 Å². The van der Waals surface area contributed by atoms with Gasteiger partial charge in [-0.3, -0.25) is 9.59 Å². The Morgan fingerprint density at radius 1 is 1.12 bits per heavy atom. The molecular weight excluding hydrogens is 328 g/mol. The number of hydrogen-bond acceptors (Lipinski definition) is 3. The van der Waals surface area contributed by atoms with Crippen molar-refractivity contribution in [3.05, 3.63) is 79.1 Å². The fraction of sp³-hybridized carbons (Fsp3) is 0.0500. The Balaban J connectivity index is 1.68. The average molecular weight is 346 g/mol. The molecule has 1 aromatic heterocycles. The molecule has 6 nitrogen and oxygen atoms in total. The number of aromatic amines is 1. The molecule has 3 aromatic rings. The van der Waals surface area contributed by atoms with Gasteiger partial charge < -0.3 is 15.2 Å². The van der Waals surface area contributed by atoms with Gasteiger partial charge in [0.2, 0.25) is 5.91 Å². The summed E-state index contributed by atoms with van der Waals surface area (Å²) in [6.45, 7) is 3.46. The van der Waals surface area contributed by atoms with Crippen LogP contribution in [0.4, 0.5) is 11.4 Å². The van der Waals surface area contributed by atoms with Crippen LogP contribution >= 0.6 is 0 Å². The van der Waals surface area contributed by atoms with Crippen LogP contribution in [0.3, 0.4) is 0 Å². The molecule has 2 amide bonds. The van der Waals surface area contributed by atoms with E-state index in [-0.39, 0.29) is 11.8 Å². The number of carbonyl (C=O) groups excluding carboxylic acids is 2. The van der Waals surface area contributed by atoms with Gasteiger partial charge in [-0.2, -0.15) is 0 Å². The predicted molar refractivity (Wildman–Crippen MR) is 102 cm³/mol. The van der Waals surface area contributed by atoms with E-state index >= 15 is 0 Å². The van der Waals surface area contributed by atoms with Crippen molar-refractivity contribution in [3.8, 4) is 11.4 Å². The van der Waals surface area contributed by atoms with Gasteiger partial charge in [-0.15, -0.1) is 0 Å². The number of aromatic nitrogens is 2. The number of H-pyrrole nitrogens is 1. The Labute approximate surface area is 151 Å². The zero-order valence-corrected chi connectivity index (χ0v) is 14.3. The second kappa shape index (κ2) is 7.48. The minimum Gasteiger partial charge on any atom is -0.345 e. The molecule has 0 aliphatic carbocycles. The van der Waals surface area contributed by atoms with Gasteiger partial charge in [-0.1, -0.05) is 6.58 Å². The summed E-state index contributed by atoms with van der Waals surface area (Å²) in [5.41, 5.74) is 2.82. The SMILES string of the molecule is C=CC(=O)N(C)c1ccc(C(=O)Nc2ccc(-c3ncc[nH]3)cc2)cc1. The standard InChI is InChI=1S/C20H18N4O2/c1-3-18(25)24(2)17-10-6-15(7-11-17)20(26)23-16-8-4-14(5-9-16)19-21-12-13-22-19/h3-13H,1H2,2H3,(H,21,22)(H,23,26). The Hall–Kier alpha value is -3.67. The highest BCUT2D eigenvalue weighted by molar-refractivity contribution is 6.05. The first-order chi connectivity index (χ1) is 12.6. The van der Waals surface area contributed by atoms with Crippen LogP contribution in [0, 0.1) is 0 Å². The number of likely N-dealkylation sites (N-methyl/N-ethyl adjacent to an activating group) is 1. The van der Waals surface area contributed by atoms with Crippen molar-refractivity contribution < 1.29 is 9.59 Å². The molecule has 0 atom stereocenters. The molecule has 130 valence electrons. The van der Waals surface area contributed by atoms with Crippen LogP contribution in [0.15, 0.2) is 73.6 Å². The third-order valence-corrected chi connectivity index (χ3v) is 3.94. The van der Waals surface area contributed by atoms with E-state index in [1.807, 2.05) is 24.3 Å². The molecule has 0 saturated heterocycles. The van der Waals surface area contributed by atoms with Crippen LogP contribution in [0.25, 0.3) is 11.4 Å². The predicted octanol–water partition coefficient (Wildman–Crippen LogP) is 3.48. The molecule has 0 aliphatic heterocycles. The van der Waals surface area contributed by atoms with Crippen molar-refractivity contribution in [2.45, 2.75) is 0 Å². The second-order valence-corrected chi connectivity index (χ2v) is 5.62. The molecule has 0 spiro atoms. The van der Waals surface area contributed by atoms with E-state index < -0.39 is 0 Å². The lowest BCUT2D eigenvalue weighted by atomic mass is 10.1. The van der Waals surface area contributed by atoms with Crippen LogP contribution in [0.5, 0.6) is 0 Å². The van der Waals surface area contributed by atoms with Gasteiger partial charge in [0, 0.05) is 41.9 Å². The first kappa shape index (κ1) is 17.2. The van der Waals surface area contributed by atoms with Gasteiger partial charge >= 0.3 is 0 Å². The molecule has 26 heavy (non-hydrogen) atoms. The zero-order valence-electron chi connectivity index (χ0n) is 14.3. The highest BCUT2D eigenvalue weighted by Gasteiger charge is 2.10. The van der Waals surface area contributed by atoms with E-state index in [1.54, 1.807) is 43.7 Å². The lowest BCUT2D eigenvalue weighted by molar-refractivity contribution is -0.113. The molecule has 2 N–H and O–H groups in total. The van der Waals surface area contributed by atoms with Gasteiger partial charge in [-0.05, 0) is 54.6 Å². The van der Waals surface area contributed by atoms with E-state index in [2.05, 4.69) is 21.9 Å². The molecule has 1 heterocycles. The maximum Gasteiger partial charge on any atom is 0.255 e. The summed E-state index contributed by atoms with van der Waals surface area (Å²) in [4.78, 5) is 32.7. The lowest BCUT2D eigenvalue weighted by Gasteiger charge is -2.15. The van der Waals surface area contributed by atoms with Crippen molar-refractivity contribution >= 4 is 23.2 Å². The topological polar surface area (TPSA) is 78.1 Å². The van der Waals surface area contributed by atoms with Crippen molar-refractivity contribution in [1.29, 1.82) is 0 Å². The normalized spacial score (nSPS) is 10.2. The number of imidazole rings is 1. The number of rotatable bonds is 5. The molecule has 6 heteroatoms. The summed E-state index contributed by atoms with van der Waals surface area (Å²) in [6, 6.07) is 14.2. The van der Waals surface area contributed by atoms with Crippen LogP contribution < -0.4 is 10.2 Å². The summed E-state index contributed by atoms with van der Waals surface area (Å²) in [5.74, 6) is 0.343. The Bertz CT molecular complexity index is 913. The minimum absolute atomic E-state index is 0.209. The minimum atomic E-state index is -0.222. The van der Waals surface area contributed by atoms with Gasteiger partial charge in [0.25, 0.3) is 5.91 Å². The highest BCUT2D eigenvalue weighted by atomic mass is 16.2. The Morgan fingerprint density at radius 2 is 1.81 bits per heavy atom. The summed E-state index contributed by atoms with van der Waals surface area (Å²) < 4.78 is 0. The quantitative estimate of drug-likeness (QED) is 0.694. The number of anilines is 2. The van der Waals surface area contributed by atoms with E-state index in [1.165, 1.54) is 11.0 Å². The summed E-state index contributed by atoms with van der Waals surface area (Å²) in [5, 5.41) is 2.85. The maximum absolute atomic E-state index is 12.4. The number of hydrogen-bond donors (Lipinski definition) is 2. The van der Waals surface area contributed by atoms with E-state index in [0.717, 1.165) is 11.4 Å². The molecule has 2 aromatic carbocycles. The smallest absolute Gasteiger partial charge is 0.255 e. The fourth-order valence-electron chi connectivity index (χ4n) is 2.44. The summed E-state index contributed by atoms with van der Waals surface area (Å²) >= 11 is 0. The number of nitrogens with zero attached hydrogens (tertiary/aromatic N) is 2. The van der Waals surface area contributed by atoms with Crippen LogP contribution in [0.2, 0.25) is 0 Å². The summed E-state index contributed by atoms with van der Waals surface area (Å²) in [6.07, 6.45) is 4.69. The fourth-order valence-corrected chi connectivity index (χ4v) is 2.44. The highest BCUT2D eigenvalue weighted by Crippen LogP contribution is 2.19. The number of benzene rings is 2. The Kier molecular flexibility index (Phi) is 4.94. The monoisotopic (exact) mass is 346 g/mol. The van der Waals surface area contributed by atoms with E-state index in [0.29, 0.717) is 16.9 Å². The van der Waals surface area contributed by atoms with Crippen molar-refractivity contribution in [3.63, 3.8) is 0 Å². The molecule has 0 radical (unpaired) electrons. The average Bonchev–Trinajstić information content (AvgIpc) is 3.22. The van der Waals surface area contributed by atoms with Crippen LogP contribution in [-0.4, -0.2) is 28.8 Å². The van der Waals surface area contributed by atoms with Gasteiger partial charge in [0.15, 0.2) is 0 Å². The summed E-state index contributed by atoms with van der Waals surface area (Å²) in [7, 11) is 1.65. The van der Waals surface area contributed by atoms with Crippen molar-refractivity contribution in [1.82, 2.24) is 9.97 Å². The molecular formula is C20H18N4O2. The third kappa shape index (κ3) is 3.70. The van der Waals surface area contributed by atoms with Gasteiger partial charge in [0.05, 0.1) is 0 Å². The Morgan fingerprint density at radius 3 is 2.38 bits per heavy atom. The lowest BCUT2D eigenvalue weighted by Crippen LogP contribution is -2.23. The molecule has 3 rings (SSSR count).